The average molecular weight is 369 g/mol. The first-order chi connectivity index (χ1) is 13.3. The van der Waals surface area contributed by atoms with Crippen molar-refractivity contribution in [1.82, 2.24) is 4.68 Å². The topological polar surface area (TPSA) is 29.6 Å². The average Bonchev–Trinajstić information content (AvgIpc) is 3.17. The predicted octanol–water partition coefficient (Wildman–Crippen LogP) is 5.30. The molecule has 1 aromatic heterocycles. The number of thiazole rings is 1. The third-order valence-electron chi connectivity index (χ3n) is 4.29. The Bertz CT molecular complexity index is 1110. The second kappa shape index (κ2) is 7.98. The van der Waals surface area contributed by atoms with Crippen LogP contribution >= 0.6 is 11.3 Å². The molecule has 0 spiro atoms. The Morgan fingerprint density at radius 3 is 1.96 bits per heavy atom. The maximum atomic E-state index is 4.69. The Morgan fingerprint density at radius 2 is 1.33 bits per heavy atom. The van der Waals surface area contributed by atoms with Gasteiger partial charge in [0.15, 0.2) is 0 Å². The second-order valence-electron chi connectivity index (χ2n) is 6.04. The van der Waals surface area contributed by atoms with Crippen molar-refractivity contribution in [3.8, 4) is 22.4 Å². The van der Waals surface area contributed by atoms with Gasteiger partial charge in [0.2, 0.25) is 4.80 Å². The van der Waals surface area contributed by atoms with Crippen molar-refractivity contribution < 1.29 is 0 Å². The van der Waals surface area contributed by atoms with Crippen molar-refractivity contribution in [1.29, 1.82) is 0 Å². The molecule has 0 saturated carbocycles. The minimum absolute atomic E-state index is 0.867. The number of nitrogens with zero attached hydrogens (tertiary/aromatic N) is 3. The smallest absolute Gasteiger partial charge is 0.205 e. The van der Waals surface area contributed by atoms with Crippen molar-refractivity contribution in [2.75, 3.05) is 7.05 Å². The highest BCUT2D eigenvalue weighted by atomic mass is 32.1. The number of aromatic nitrogens is 1. The summed E-state index contributed by atoms with van der Waals surface area (Å²) in [6.07, 6.45) is 1.88. The van der Waals surface area contributed by atoms with Crippen LogP contribution in [0.15, 0.2) is 100 Å². The van der Waals surface area contributed by atoms with E-state index in [9.17, 15) is 0 Å². The van der Waals surface area contributed by atoms with Gasteiger partial charge in [0.25, 0.3) is 0 Å². The minimum Gasteiger partial charge on any atom is -0.261 e. The maximum Gasteiger partial charge on any atom is 0.205 e. The van der Waals surface area contributed by atoms with Crippen LogP contribution in [0.25, 0.3) is 22.4 Å². The van der Waals surface area contributed by atoms with E-state index in [1.807, 2.05) is 35.2 Å². The summed E-state index contributed by atoms with van der Waals surface area (Å²) < 4.78 is 1.89. The molecule has 0 aliphatic rings. The molecule has 0 amide bonds. The first kappa shape index (κ1) is 17.2. The Kier molecular flexibility index (Phi) is 5.08. The number of rotatable bonds is 4. The van der Waals surface area contributed by atoms with E-state index in [4.69, 9.17) is 5.10 Å². The Morgan fingerprint density at radius 1 is 0.741 bits per heavy atom. The summed E-state index contributed by atoms with van der Waals surface area (Å²) in [5.41, 5.74) is 5.63. The fourth-order valence-electron chi connectivity index (χ4n) is 2.89. The van der Waals surface area contributed by atoms with Crippen molar-refractivity contribution in [3.63, 3.8) is 0 Å². The van der Waals surface area contributed by atoms with E-state index < -0.39 is 0 Å². The van der Waals surface area contributed by atoms with Crippen molar-refractivity contribution in [2.24, 2.45) is 10.1 Å². The molecule has 0 saturated heterocycles. The quantitative estimate of drug-likeness (QED) is 0.437. The highest BCUT2D eigenvalue weighted by Gasteiger charge is 2.06. The van der Waals surface area contributed by atoms with Crippen molar-refractivity contribution >= 4 is 17.6 Å². The zero-order chi connectivity index (χ0) is 18.5. The summed E-state index contributed by atoms with van der Waals surface area (Å²) in [4.78, 5) is 5.22. The molecular weight excluding hydrogens is 350 g/mol. The maximum absolute atomic E-state index is 4.69. The lowest BCUT2D eigenvalue weighted by molar-refractivity contribution is 0.848. The number of hydrogen-bond acceptors (Lipinski definition) is 3. The van der Waals surface area contributed by atoms with Crippen LogP contribution in [-0.4, -0.2) is 17.9 Å². The summed E-state index contributed by atoms with van der Waals surface area (Å²) in [6, 6.07) is 29.0. The van der Waals surface area contributed by atoms with Crippen LogP contribution < -0.4 is 4.80 Å². The van der Waals surface area contributed by atoms with Gasteiger partial charge in [-0.1, -0.05) is 84.9 Å². The molecule has 3 aromatic carbocycles. The van der Waals surface area contributed by atoms with Crippen LogP contribution in [0.4, 0.5) is 0 Å². The third-order valence-corrected chi connectivity index (χ3v) is 5.19. The molecule has 4 rings (SSSR count). The van der Waals surface area contributed by atoms with E-state index in [1.165, 1.54) is 11.1 Å². The molecule has 1 heterocycles. The van der Waals surface area contributed by atoms with Crippen LogP contribution in [0.1, 0.15) is 5.56 Å². The molecule has 0 bridgehead atoms. The predicted molar refractivity (Wildman–Crippen MR) is 114 cm³/mol. The molecule has 0 aliphatic carbocycles. The minimum atomic E-state index is 0.867. The third kappa shape index (κ3) is 3.81. The number of benzene rings is 3. The van der Waals surface area contributed by atoms with Crippen LogP contribution in [0, 0.1) is 0 Å². The Hall–Kier alpha value is -3.24. The van der Waals surface area contributed by atoms with E-state index in [-0.39, 0.29) is 0 Å². The largest absolute Gasteiger partial charge is 0.261 e. The van der Waals surface area contributed by atoms with Gasteiger partial charge in [-0.15, -0.1) is 11.3 Å². The van der Waals surface area contributed by atoms with Crippen LogP contribution in [0.2, 0.25) is 0 Å². The zero-order valence-corrected chi connectivity index (χ0v) is 15.8. The molecule has 0 aliphatic heterocycles. The lowest BCUT2D eigenvalue weighted by Gasteiger charge is -2.04. The molecule has 0 unspecified atom stereocenters. The van der Waals surface area contributed by atoms with E-state index in [1.54, 1.807) is 18.4 Å². The fourth-order valence-corrected chi connectivity index (χ4v) is 3.69. The van der Waals surface area contributed by atoms with Gasteiger partial charge in [-0.25, -0.2) is 4.68 Å². The van der Waals surface area contributed by atoms with E-state index in [0.29, 0.717) is 0 Å². The molecule has 132 valence electrons. The highest BCUT2D eigenvalue weighted by molar-refractivity contribution is 7.07. The highest BCUT2D eigenvalue weighted by Crippen LogP contribution is 2.20. The molecule has 27 heavy (non-hydrogen) atoms. The summed E-state index contributed by atoms with van der Waals surface area (Å²) in [6.45, 7) is 0. The van der Waals surface area contributed by atoms with Gasteiger partial charge in [0, 0.05) is 18.0 Å². The van der Waals surface area contributed by atoms with Crippen molar-refractivity contribution in [2.45, 2.75) is 0 Å². The Balaban J connectivity index is 1.65. The first-order valence-electron chi connectivity index (χ1n) is 8.74. The molecule has 3 nitrogen and oxygen atoms in total. The lowest BCUT2D eigenvalue weighted by atomic mass is 10.0. The number of hydrogen-bond donors (Lipinski definition) is 0. The molecule has 0 atom stereocenters. The monoisotopic (exact) mass is 369 g/mol. The lowest BCUT2D eigenvalue weighted by Crippen LogP contribution is -2.11. The second-order valence-corrected chi connectivity index (χ2v) is 6.87. The van der Waals surface area contributed by atoms with E-state index in [2.05, 4.69) is 71.0 Å². The van der Waals surface area contributed by atoms with Crippen LogP contribution in [0.3, 0.4) is 0 Å². The van der Waals surface area contributed by atoms with E-state index in [0.717, 1.165) is 21.6 Å². The van der Waals surface area contributed by atoms with Crippen LogP contribution in [-0.2, 0) is 0 Å². The first-order valence-corrected chi connectivity index (χ1v) is 9.62. The van der Waals surface area contributed by atoms with Crippen molar-refractivity contribution in [3.05, 3.63) is 101 Å². The molecule has 4 aromatic rings. The van der Waals surface area contributed by atoms with Gasteiger partial charge in [-0.2, -0.15) is 5.10 Å². The van der Waals surface area contributed by atoms with Gasteiger partial charge in [0.05, 0.1) is 11.9 Å². The fraction of sp³-hybridized carbons (Fsp3) is 0.0435. The normalized spacial score (nSPS) is 12.0. The SMILES string of the molecule is CN=c1scc(-c2ccccc2)n1/N=C/c1ccc(-c2ccccc2)cc1. The molecule has 0 fully saturated rings. The summed E-state index contributed by atoms with van der Waals surface area (Å²) in [7, 11) is 1.79. The van der Waals surface area contributed by atoms with Gasteiger partial charge < -0.3 is 0 Å². The molecular formula is C23H19N3S. The summed E-state index contributed by atoms with van der Waals surface area (Å²) in [5.74, 6) is 0. The van der Waals surface area contributed by atoms with Gasteiger partial charge in [-0.05, 0) is 16.7 Å². The summed E-state index contributed by atoms with van der Waals surface area (Å²) in [5, 5.41) is 6.79. The Labute approximate surface area is 162 Å². The molecule has 0 N–H and O–H groups in total. The van der Waals surface area contributed by atoms with Gasteiger partial charge in [0.1, 0.15) is 0 Å². The molecule has 4 heteroatoms. The zero-order valence-electron chi connectivity index (χ0n) is 15.0. The standard InChI is InChI=1S/C23H19N3S/c1-24-23-26(22(17-27-23)21-10-6-3-7-11-21)25-16-18-12-14-20(15-13-18)19-8-4-2-5-9-19/h2-17H,1H3/b24-23?,25-16+. The van der Waals surface area contributed by atoms with Gasteiger partial charge >= 0.3 is 0 Å². The van der Waals surface area contributed by atoms with E-state index >= 15 is 0 Å². The van der Waals surface area contributed by atoms with Crippen LogP contribution in [0.5, 0.6) is 0 Å². The molecule has 0 radical (unpaired) electrons. The van der Waals surface area contributed by atoms with Gasteiger partial charge in [-0.3, -0.25) is 4.99 Å². The summed E-state index contributed by atoms with van der Waals surface area (Å²) >= 11 is 1.59.